The van der Waals surface area contributed by atoms with Crippen LogP contribution in [0.3, 0.4) is 0 Å². The molecule has 0 spiro atoms. The van der Waals surface area contributed by atoms with Crippen LogP contribution in [0.5, 0.6) is 0 Å². The minimum Gasteiger partial charge on any atom is -0.324 e. The Morgan fingerprint density at radius 1 is 1.27 bits per heavy atom. The number of nitro benzene ring substituents is 1. The van der Waals surface area contributed by atoms with Crippen LogP contribution in [0.25, 0.3) is 0 Å². The fourth-order valence-electron chi connectivity index (χ4n) is 2.05. The molecule has 0 aliphatic heterocycles. The second kappa shape index (κ2) is 7.45. The largest absolute Gasteiger partial charge is 0.324 e. The lowest BCUT2D eigenvalue weighted by atomic mass is 10.3. The Kier molecular flexibility index (Phi) is 5.53. The van der Waals surface area contributed by atoms with Crippen molar-refractivity contribution in [2.45, 2.75) is 11.4 Å². The molecule has 2 aromatic rings. The lowest BCUT2D eigenvalue weighted by Gasteiger charge is -2.13. The maximum Gasteiger partial charge on any atom is 0.271 e. The van der Waals surface area contributed by atoms with Crippen molar-refractivity contribution in [3.8, 4) is 0 Å². The Bertz CT molecular complexity index is 1010. The van der Waals surface area contributed by atoms with E-state index in [1.165, 1.54) is 38.4 Å². The Morgan fingerprint density at radius 3 is 2.58 bits per heavy atom. The first-order valence-corrected chi connectivity index (χ1v) is 8.72. The van der Waals surface area contributed by atoms with Gasteiger partial charge in [0, 0.05) is 44.2 Å². The number of anilines is 1. The second-order valence-electron chi connectivity index (χ2n) is 5.47. The van der Waals surface area contributed by atoms with Crippen molar-refractivity contribution in [3.05, 3.63) is 63.1 Å². The quantitative estimate of drug-likeness (QED) is 0.578. The second-order valence-corrected chi connectivity index (χ2v) is 7.63. The number of aromatic nitrogens is 1. The summed E-state index contributed by atoms with van der Waals surface area (Å²) >= 11 is 0. The first-order valence-electron chi connectivity index (χ1n) is 7.28. The highest BCUT2D eigenvalue weighted by molar-refractivity contribution is 7.89. The number of carbonyl (C=O) groups excluding carboxylic acids is 1. The zero-order valence-electron chi connectivity index (χ0n) is 13.9. The molecule has 0 unspecified atom stereocenters. The number of sulfonamides is 1. The highest BCUT2D eigenvalue weighted by atomic mass is 32.2. The number of nitrogens with one attached hydrogen (secondary N) is 1. The number of nitrogens with zero attached hydrogens (tertiary/aromatic N) is 3. The highest BCUT2D eigenvalue weighted by Crippen LogP contribution is 2.17. The third kappa shape index (κ3) is 4.32. The molecule has 0 bridgehead atoms. The van der Waals surface area contributed by atoms with Gasteiger partial charge < -0.3 is 9.88 Å². The zero-order valence-corrected chi connectivity index (χ0v) is 14.8. The van der Waals surface area contributed by atoms with Gasteiger partial charge in [-0.25, -0.2) is 12.7 Å². The number of non-ortho nitro benzene ring substituents is 1. The number of carbonyl (C=O) groups is 1. The summed E-state index contributed by atoms with van der Waals surface area (Å²) in [6.45, 7) is -0.446. The van der Waals surface area contributed by atoms with Crippen molar-refractivity contribution in [1.82, 2.24) is 8.87 Å². The lowest BCUT2D eigenvalue weighted by molar-refractivity contribution is -0.384. The van der Waals surface area contributed by atoms with E-state index in [4.69, 9.17) is 0 Å². The van der Waals surface area contributed by atoms with Crippen molar-refractivity contribution in [2.24, 2.45) is 0 Å². The number of hydrogen-bond acceptors (Lipinski definition) is 6. The first kappa shape index (κ1) is 19.3. The van der Waals surface area contributed by atoms with Crippen LogP contribution in [-0.4, -0.2) is 42.2 Å². The molecule has 0 fully saturated rings. The minimum atomic E-state index is -3.76. The van der Waals surface area contributed by atoms with E-state index in [0.29, 0.717) is 0 Å². The third-order valence-electron chi connectivity index (χ3n) is 3.39. The van der Waals surface area contributed by atoms with E-state index in [1.807, 2.05) is 0 Å². The fourth-order valence-corrected chi connectivity index (χ4v) is 2.97. The van der Waals surface area contributed by atoms with Gasteiger partial charge in [-0.15, -0.1) is 0 Å². The summed E-state index contributed by atoms with van der Waals surface area (Å²) in [6.07, 6.45) is 1.07. The van der Waals surface area contributed by atoms with Crippen molar-refractivity contribution >= 4 is 27.3 Å². The molecular weight excluding hydrogens is 364 g/mol. The predicted octanol–water partition coefficient (Wildman–Crippen LogP) is 0.645. The monoisotopic (exact) mass is 380 g/mol. The van der Waals surface area contributed by atoms with Crippen LogP contribution in [0.2, 0.25) is 0 Å². The summed E-state index contributed by atoms with van der Waals surface area (Å²) in [5.41, 5.74) is -0.565. The molecule has 0 atom stereocenters. The summed E-state index contributed by atoms with van der Waals surface area (Å²) in [7, 11) is -1.06. The Balaban J connectivity index is 2.23. The summed E-state index contributed by atoms with van der Waals surface area (Å²) in [6, 6.07) is 7.53. The van der Waals surface area contributed by atoms with Crippen LogP contribution < -0.4 is 10.9 Å². The number of pyridine rings is 1. The zero-order chi connectivity index (χ0) is 19.5. The molecule has 138 valence electrons. The molecule has 1 heterocycles. The molecule has 0 aliphatic carbocycles. The average Bonchev–Trinajstić information content (AvgIpc) is 2.56. The van der Waals surface area contributed by atoms with Crippen molar-refractivity contribution in [1.29, 1.82) is 0 Å². The number of nitro groups is 1. The predicted molar refractivity (Wildman–Crippen MR) is 93.3 cm³/mol. The first-order chi connectivity index (χ1) is 12.1. The van der Waals surface area contributed by atoms with Crippen molar-refractivity contribution in [3.63, 3.8) is 0 Å². The summed E-state index contributed by atoms with van der Waals surface area (Å²) < 4.78 is 26.2. The molecule has 1 N–H and O–H groups in total. The maximum atomic E-state index is 12.1. The van der Waals surface area contributed by atoms with E-state index >= 15 is 0 Å². The topological polar surface area (TPSA) is 132 Å². The maximum absolute atomic E-state index is 12.1. The molecule has 10 nitrogen and oxygen atoms in total. The van der Waals surface area contributed by atoms with Crippen LogP contribution in [0, 0.1) is 10.1 Å². The summed E-state index contributed by atoms with van der Waals surface area (Å²) in [5, 5.41) is 13.2. The van der Waals surface area contributed by atoms with Crippen LogP contribution in [0.15, 0.2) is 52.3 Å². The van der Waals surface area contributed by atoms with E-state index in [1.54, 1.807) is 0 Å². The van der Waals surface area contributed by atoms with Crippen LogP contribution in [-0.2, 0) is 21.4 Å². The normalized spacial score (nSPS) is 11.3. The molecule has 0 saturated heterocycles. The van der Waals surface area contributed by atoms with Gasteiger partial charge >= 0.3 is 0 Å². The molecule has 26 heavy (non-hydrogen) atoms. The molecule has 0 radical (unpaired) electrons. The van der Waals surface area contributed by atoms with Crippen LogP contribution in [0.1, 0.15) is 0 Å². The number of benzene rings is 1. The molecular formula is C15H16N4O6S. The Morgan fingerprint density at radius 2 is 1.96 bits per heavy atom. The van der Waals surface area contributed by atoms with Crippen LogP contribution in [0.4, 0.5) is 11.4 Å². The molecule has 0 saturated carbocycles. The van der Waals surface area contributed by atoms with Crippen molar-refractivity contribution in [2.75, 3.05) is 19.4 Å². The van der Waals surface area contributed by atoms with E-state index in [0.717, 1.165) is 27.2 Å². The van der Waals surface area contributed by atoms with E-state index in [2.05, 4.69) is 5.32 Å². The van der Waals surface area contributed by atoms with Gasteiger partial charge in [-0.3, -0.25) is 19.7 Å². The SMILES string of the molecule is CN(C)S(=O)(=O)c1ccc(=O)n(CC(=O)Nc2cccc([N+](=O)[O-])c2)c1. The number of amides is 1. The van der Waals surface area contributed by atoms with Gasteiger partial charge in [0.2, 0.25) is 15.9 Å². The minimum absolute atomic E-state index is 0.134. The summed E-state index contributed by atoms with van der Waals surface area (Å²) in [5.74, 6) is -0.632. The smallest absolute Gasteiger partial charge is 0.271 e. The van der Waals surface area contributed by atoms with E-state index in [9.17, 15) is 28.1 Å². The fraction of sp³-hybridized carbons (Fsp3) is 0.200. The van der Waals surface area contributed by atoms with Gasteiger partial charge in [0.25, 0.3) is 11.2 Å². The van der Waals surface area contributed by atoms with Gasteiger partial charge in [-0.05, 0) is 12.1 Å². The number of rotatable bonds is 6. The molecule has 1 aromatic heterocycles. The molecule has 2 rings (SSSR count). The standard InChI is InChI=1S/C15H16N4O6S/c1-17(2)26(24,25)13-6-7-15(21)18(9-13)10-14(20)16-11-4-3-5-12(8-11)19(22)23/h3-9H,10H2,1-2H3,(H,16,20). The van der Waals surface area contributed by atoms with Gasteiger partial charge in [0.1, 0.15) is 6.54 Å². The average molecular weight is 380 g/mol. The van der Waals surface area contributed by atoms with E-state index < -0.39 is 33.0 Å². The Hall–Kier alpha value is -3.05. The van der Waals surface area contributed by atoms with Gasteiger partial charge in [-0.1, -0.05) is 6.07 Å². The molecule has 1 aromatic carbocycles. The molecule has 1 amide bonds. The third-order valence-corrected chi connectivity index (χ3v) is 5.19. The molecule has 11 heteroatoms. The Labute approximate surface area is 148 Å². The van der Waals surface area contributed by atoms with Crippen molar-refractivity contribution < 1.29 is 18.1 Å². The highest BCUT2D eigenvalue weighted by Gasteiger charge is 2.18. The lowest BCUT2D eigenvalue weighted by Crippen LogP contribution is -2.29. The van der Waals surface area contributed by atoms with Gasteiger partial charge in [0.15, 0.2) is 0 Å². The van der Waals surface area contributed by atoms with Gasteiger partial charge in [0.05, 0.1) is 9.82 Å². The molecule has 0 aliphatic rings. The van der Waals surface area contributed by atoms with Crippen LogP contribution >= 0.6 is 0 Å². The van der Waals surface area contributed by atoms with E-state index in [-0.39, 0.29) is 16.3 Å². The number of hydrogen-bond donors (Lipinski definition) is 1. The van der Waals surface area contributed by atoms with Gasteiger partial charge in [-0.2, -0.15) is 0 Å². The summed E-state index contributed by atoms with van der Waals surface area (Å²) in [4.78, 5) is 34.0.